The molecule has 1 aliphatic rings. The van der Waals surface area contributed by atoms with Crippen LogP contribution in [0.2, 0.25) is 0 Å². The number of anilines is 1. The molecule has 0 heterocycles. The third kappa shape index (κ3) is 5.45. The Hall–Kier alpha value is -2.09. The highest BCUT2D eigenvalue weighted by Crippen LogP contribution is 2.32. The number of nitrogens with two attached hydrogens (primary N) is 1. The largest absolute Gasteiger partial charge is 0.348 e. The van der Waals surface area contributed by atoms with Gasteiger partial charge >= 0.3 is 0 Å². The van der Waals surface area contributed by atoms with Gasteiger partial charge in [-0.25, -0.2) is 8.42 Å². The Bertz CT molecular complexity index is 879. The summed E-state index contributed by atoms with van der Waals surface area (Å²) in [6.07, 6.45) is 2.17. The predicted octanol–water partition coefficient (Wildman–Crippen LogP) is 2.68. The van der Waals surface area contributed by atoms with E-state index in [9.17, 15) is 13.2 Å². The summed E-state index contributed by atoms with van der Waals surface area (Å²) >= 11 is 0. The minimum atomic E-state index is -3.70. The van der Waals surface area contributed by atoms with Crippen LogP contribution in [0.3, 0.4) is 0 Å². The van der Waals surface area contributed by atoms with E-state index in [4.69, 9.17) is 5.73 Å². The molecule has 2 aromatic carbocycles. The number of carbonyl (C=O) groups is 1. The Morgan fingerprint density at radius 1 is 1.11 bits per heavy atom. The highest BCUT2D eigenvalue weighted by molar-refractivity contribution is 7.92. The van der Waals surface area contributed by atoms with Gasteiger partial charge in [-0.3, -0.25) is 9.52 Å². The van der Waals surface area contributed by atoms with Crippen molar-refractivity contribution in [2.45, 2.75) is 30.7 Å². The van der Waals surface area contributed by atoms with Crippen molar-refractivity contribution in [1.29, 1.82) is 0 Å². The second-order valence-corrected chi connectivity index (χ2v) is 8.33. The fourth-order valence-corrected chi connectivity index (χ4v) is 3.80. The number of halogens is 1. The zero-order valence-corrected chi connectivity index (χ0v) is 16.6. The van der Waals surface area contributed by atoms with Crippen molar-refractivity contribution in [2.75, 3.05) is 11.3 Å². The molecule has 3 rings (SSSR count). The molecule has 0 radical (unpaired) electrons. The van der Waals surface area contributed by atoms with Crippen LogP contribution in [0.1, 0.15) is 28.8 Å². The Balaban J connectivity index is 0.00000261. The summed E-state index contributed by atoms with van der Waals surface area (Å²) in [7, 11) is -3.70. The van der Waals surface area contributed by atoms with E-state index < -0.39 is 10.0 Å². The number of carbonyl (C=O) groups excluding carboxylic acids is 1. The number of aryl methyl sites for hydroxylation is 1. The van der Waals surface area contributed by atoms with Crippen molar-refractivity contribution >= 4 is 34.0 Å². The minimum absolute atomic E-state index is 0. The van der Waals surface area contributed by atoms with Gasteiger partial charge in [-0.2, -0.15) is 0 Å². The van der Waals surface area contributed by atoms with Gasteiger partial charge < -0.3 is 11.1 Å². The van der Waals surface area contributed by atoms with Crippen molar-refractivity contribution in [3.05, 3.63) is 59.7 Å². The van der Waals surface area contributed by atoms with E-state index >= 15 is 0 Å². The lowest BCUT2D eigenvalue weighted by molar-refractivity contribution is 0.0933. The van der Waals surface area contributed by atoms with Gasteiger partial charge in [-0.1, -0.05) is 17.7 Å². The first-order valence-corrected chi connectivity index (χ1v) is 10.1. The van der Waals surface area contributed by atoms with E-state index in [-0.39, 0.29) is 29.3 Å². The first kappa shape index (κ1) is 21.2. The molecule has 1 saturated carbocycles. The van der Waals surface area contributed by atoms with Crippen molar-refractivity contribution in [3.63, 3.8) is 0 Å². The second-order valence-electron chi connectivity index (χ2n) is 6.65. The number of hydrogen-bond acceptors (Lipinski definition) is 4. The van der Waals surface area contributed by atoms with Gasteiger partial charge in [0, 0.05) is 23.8 Å². The molecule has 4 N–H and O–H groups in total. The first-order chi connectivity index (χ1) is 12.4. The highest BCUT2D eigenvalue weighted by Gasteiger charge is 2.31. The highest BCUT2D eigenvalue weighted by atomic mass is 35.5. The maximum atomic E-state index is 12.5. The van der Waals surface area contributed by atoms with Gasteiger partial charge in [0.25, 0.3) is 15.9 Å². The molecule has 0 bridgehead atoms. The van der Waals surface area contributed by atoms with Crippen LogP contribution in [0.15, 0.2) is 53.4 Å². The number of amides is 1. The lowest BCUT2D eigenvalue weighted by atomic mass is 10.1. The Morgan fingerprint density at radius 2 is 1.70 bits per heavy atom. The summed E-state index contributed by atoms with van der Waals surface area (Å²) in [5.41, 5.74) is 7.66. The Kier molecular flexibility index (Phi) is 6.86. The van der Waals surface area contributed by atoms with E-state index in [1.807, 2.05) is 19.1 Å². The fraction of sp³-hybridized carbons (Fsp3) is 0.316. The van der Waals surface area contributed by atoms with E-state index in [2.05, 4.69) is 10.0 Å². The van der Waals surface area contributed by atoms with Crippen LogP contribution in [0.5, 0.6) is 0 Å². The van der Waals surface area contributed by atoms with Gasteiger partial charge in [-0.15, -0.1) is 12.4 Å². The summed E-state index contributed by atoms with van der Waals surface area (Å²) in [4.78, 5) is 12.4. The molecule has 1 aliphatic carbocycles. The van der Waals surface area contributed by atoms with Crippen molar-refractivity contribution in [3.8, 4) is 0 Å². The summed E-state index contributed by atoms with van der Waals surface area (Å²) in [5.74, 6) is 0.227. The molecule has 1 atom stereocenters. The molecule has 146 valence electrons. The zero-order valence-electron chi connectivity index (χ0n) is 15.0. The summed E-state index contributed by atoms with van der Waals surface area (Å²) in [6.45, 7) is 2.34. The molecule has 1 amide bonds. The third-order valence-electron chi connectivity index (χ3n) is 4.49. The lowest BCUT2D eigenvalue weighted by Crippen LogP contribution is -2.41. The van der Waals surface area contributed by atoms with Gasteiger partial charge in [-0.05, 0) is 62.1 Å². The number of hydrogen-bond donors (Lipinski definition) is 3. The molecular formula is C19H24ClN3O3S. The Morgan fingerprint density at radius 3 is 2.22 bits per heavy atom. The number of benzene rings is 2. The monoisotopic (exact) mass is 409 g/mol. The molecule has 1 fully saturated rings. The molecular weight excluding hydrogens is 386 g/mol. The Labute approximate surface area is 166 Å². The van der Waals surface area contributed by atoms with Gasteiger partial charge in [0.15, 0.2) is 0 Å². The molecule has 2 aromatic rings. The summed E-state index contributed by atoms with van der Waals surface area (Å²) in [5, 5.41) is 2.92. The molecule has 6 nitrogen and oxygen atoms in total. The maximum Gasteiger partial charge on any atom is 0.261 e. The van der Waals surface area contributed by atoms with E-state index in [0.29, 0.717) is 23.7 Å². The van der Waals surface area contributed by atoms with Crippen LogP contribution < -0.4 is 15.8 Å². The van der Waals surface area contributed by atoms with Crippen LogP contribution in [0.4, 0.5) is 5.69 Å². The van der Waals surface area contributed by atoms with Crippen LogP contribution in [-0.4, -0.2) is 26.9 Å². The lowest BCUT2D eigenvalue weighted by Gasteiger charge is -2.16. The smallest absolute Gasteiger partial charge is 0.261 e. The van der Waals surface area contributed by atoms with Crippen LogP contribution in [-0.2, 0) is 10.0 Å². The SMILES string of the molecule is Cc1ccc(NS(=O)(=O)c2ccc(C(=O)NC(CN)C3CC3)cc2)cc1.Cl. The van der Waals surface area contributed by atoms with Crippen LogP contribution >= 0.6 is 12.4 Å². The molecule has 8 heteroatoms. The third-order valence-corrected chi connectivity index (χ3v) is 5.89. The number of rotatable bonds is 7. The molecule has 1 unspecified atom stereocenters. The predicted molar refractivity (Wildman–Crippen MR) is 109 cm³/mol. The minimum Gasteiger partial charge on any atom is -0.348 e. The van der Waals surface area contributed by atoms with Gasteiger partial charge in [0.1, 0.15) is 0 Å². The van der Waals surface area contributed by atoms with E-state index in [1.54, 1.807) is 12.1 Å². The fourth-order valence-electron chi connectivity index (χ4n) is 2.74. The topological polar surface area (TPSA) is 101 Å². The maximum absolute atomic E-state index is 12.5. The summed E-state index contributed by atoms with van der Waals surface area (Å²) < 4.78 is 27.5. The van der Waals surface area contributed by atoms with Crippen LogP contribution in [0, 0.1) is 12.8 Å². The van der Waals surface area contributed by atoms with Crippen molar-refractivity contribution in [1.82, 2.24) is 5.32 Å². The second kappa shape index (κ2) is 8.73. The molecule has 0 aromatic heterocycles. The standard InChI is InChI=1S/C19H23N3O3S.ClH/c1-13-2-8-16(9-3-13)22-26(24,25)17-10-6-15(7-11-17)19(23)21-18(12-20)14-4-5-14;/h2-3,6-11,14,18,22H,4-5,12,20H2,1H3,(H,21,23);1H. The van der Waals surface area contributed by atoms with Gasteiger partial charge in [0.05, 0.1) is 4.90 Å². The van der Waals surface area contributed by atoms with Gasteiger partial charge in [0.2, 0.25) is 0 Å². The normalized spacial score (nSPS) is 14.7. The molecule has 0 aliphatic heterocycles. The summed E-state index contributed by atoms with van der Waals surface area (Å²) in [6, 6.07) is 12.9. The number of sulfonamides is 1. The number of nitrogens with one attached hydrogen (secondary N) is 2. The molecule has 27 heavy (non-hydrogen) atoms. The van der Waals surface area contributed by atoms with Crippen LogP contribution in [0.25, 0.3) is 0 Å². The average molecular weight is 410 g/mol. The van der Waals surface area contributed by atoms with E-state index in [1.165, 1.54) is 24.3 Å². The quantitative estimate of drug-likeness (QED) is 0.654. The van der Waals surface area contributed by atoms with E-state index in [0.717, 1.165) is 18.4 Å². The zero-order chi connectivity index (χ0) is 18.7. The first-order valence-electron chi connectivity index (χ1n) is 8.59. The molecule has 0 saturated heterocycles. The van der Waals surface area contributed by atoms with Crippen molar-refractivity contribution < 1.29 is 13.2 Å². The molecule has 0 spiro atoms. The average Bonchev–Trinajstić information content (AvgIpc) is 3.46. The van der Waals surface area contributed by atoms with Crippen molar-refractivity contribution in [2.24, 2.45) is 11.7 Å².